The maximum Gasteiger partial charge on any atom is 0.407 e. The Balaban J connectivity index is 0.00000108. The van der Waals surface area contributed by atoms with Crippen LogP contribution in [0.3, 0.4) is 0 Å². The second kappa shape index (κ2) is 12.2. The standard InChI is InChI=1S/C23H28N6O3.C3H8/c1-14(2)25-23(31)32-19-9-6-16(10-19)20-11-21(28-27-20)26-22(30)17-12-24-29(13-17)18-7-4-15(3)5-8-18;1-3-2/h4-5,7-8,11-14,16,19H,6,9-10H2,1-3H3,(H,25,31)(H2,26,27,28,30);3H2,1-2H3. The minimum Gasteiger partial charge on any atom is -0.446 e. The zero-order chi connectivity index (χ0) is 25.4. The van der Waals surface area contributed by atoms with Crippen molar-refractivity contribution in [2.24, 2.45) is 0 Å². The van der Waals surface area contributed by atoms with Crippen molar-refractivity contribution in [3.63, 3.8) is 0 Å². The quantitative estimate of drug-likeness (QED) is 0.440. The smallest absolute Gasteiger partial charge is 0.407 e. The number of nitrogens with zero attached hydrogens (tertiary/aromatic N) is 3. The summed E-state index contributed by atoms with van der Waals surface area (Å²) in [6.07, 6.45) is 6.39. The number of aromatic amines is 1. The number of nitrogens with one attached hydrogen (secondary N) is 3. The van der Waals surface area contributed by atoms with E-state index in [1.165, 1.54) is 12.6 Å². The van der Waals surface area contributed by atoms with E-state index in [0.717, 1.165) is 36.2 Å². The highest BCUT2D eigenvalue weighted by molar-refractivity contribution is 6.03. The number of carbonyl (C=O) groups excluding carboxylic acids is 2. The van der Waals surface area contributed by atoms with Gasteiger partial charge in [0.1, 0.15) is 6.10 Å². The highest BCUT2D eigenvalue weighted by atomic mass is 16.6. The first-order valence-electron chi connectivity index (χ1n) is 12.2. The van der Waals surface area contributed by atoms with Gasteiger partial charge in [-0.1, -0.05) is 38.0 Å². The van der Waals surface area contributed by atoms with Gasteiger partial charge in [-0.2, -0.15) is 10.2 Å². The molecule has 1 aliphatic carbocycles. The average Bonchev–Trinajstić information content (AvgIpc) is 3.55. The summed E-state index contributed by atoms with van der Waals surface area (Å²) in [5.74, 6) is 0.378. The summed E-state index contributed by atoms with van der Waals surface area (Å²) in [4.78, 5) is 24.4. The minimum atomic E-state index is -0.380. The molecule has 1 saturated carbocycles. The first-order chi connectivity index (χ1) is 16.8. The van der Waals surface area contributed by atoms with Crippen molar-refractivity contribution in [3.05, 3.63) is 59.5 Å². The van der Waals surface area contributed by atoms with Gasteiger partial charge in [-0.25, -0.2) is 9.48 Å². The number of carbonyl (C=O) groups is 2. The van der Waals surface area contributed by atoms with E-state index in [1.54, 1.807) is 10.9 Å². The van der Waals surface area contributed by atoms with Crippen molar-refractivity contribution in [1.29, 1.82) is 0 Å². The van der Waals surface area contributed by atoms with Gasteiger partial charge in [0.05, 0.1) is 17.4 Å². The van der Waals surface area contributed by atoms with E-state index < -0.39 is 0 Å². The van der Waals surface area contributed by atoms with Crippen LogP contribution in [0.1, 0.15) is 80.9 Å². The van der Waals surface area contributed by atoms with Crippen molar-refractivity contribution < 1.29 is 14.3 Å². The van der Waals surface area contributed by atoms with Crippen LogP contribution in [0.2, 0.25) is 0 Å². The van der Waals surface area contributed by atoms with Gasteiger partial charge in [0, 0.05) is 29.9 Å². The van der Waals surface area contributed by atoms with Gasteiger partial charge in [0.15, 0.2) is 5.82 Å². The molecule has 2 atom stereocenters. The van der Waals surface area contributed by atoms with Gasteiger partial charge >= 0.3 is 6.09 Å². The lowest BCUT2D eigenvalue weighted by atomic mass is 10.0. The summed E-state index contributed by atoms with van der Waals surface area (Å²) >= 11 is 0. The number of rotatable bonds is 6. The molecule has 35 heavy (non-hydrogen) atoms. The van der Waals surface area contributed by atoms with Gasteiger partial charge in [0.2, 0.25) is 0 Å². The molecule has 2 unspecified atom stereocenters. The molecule has 2 aromatic heterocycles. The lowest BCUT2D eigenvalue weighted by molar-refractivity contribution is 0.0979. The molecule has 3 N–H and O–H groups in total. The largest absolute Gasteiger partial charge is 0.446 e. The number of H-pyrrole nitrogens is 1. The topological polar surface area (TPSA) is 114 Å². The fourth-order valence-corrected chi connectivity index (χ4v) is 3.83. The third kappa shape index (κ3) is 7.43. The molecular weight excluding hydrogens is 444 g/mol. The molecule has 1 aliphatic rings. The minimum absolute atomic E-state index is 0.0440. The molecule has 2 heterocycles. The molecule has 0 spiro atoms. The summed E-state index contributed by atoms with van der Waals surface area (Å²) in [5.41, 5.74) is 3.41. The van der Waals surface area contributed by atoms with E-state index >= 15 is 0 Å². The molecule has 9 heteroatoms. The van der Waals surface area contributed by atoms with Crippen LogP contribution >= 0.6 is 0 Å². The third-order valence-electron chi connectivity index (χ3n) is 5.49. The normalized spacial score (nSPS) is 17.0. The SMILES string of the molecule is CCC.Cc1ccc(-n2cc(C(=O)Nc3cc(C4CCC(OC(=O)NC(C)C)C4)[nH]n3)cn2)cc1. The summed E-state index contributed by atoms with van der Waals surface area (Å²) in [5, 5.41) is 17.1. The Labute approximate surface area is 206 Å². The van der Waals surface area contributed by atoms with Crippen LogP contribution in [0.4, 0.5) is 10.6 Å². The number of alkyl carbamates (subject to hydrolysis) is 1. The second-order valence-electron chi connectivity index (χ2n) is 9.22. The van der Waals surface area contributed by atoms with Gasteiger partial charge in [0.25, 0.3) is 5.91 Å². The lowest BCUT2D eigenvalue weighted by Crippen LogP contribution is -2.33. The molecule has 0 radical (unpaired) electrons. The number of hydrogen-bond donors (Lipinski definition) is 3. The van der Waals surface area contributed by atoms with Crippen molar-refractivity contribution >= 4 is 17.8 Å². The Hall–Kier alpha value is -3.62. The number of benzene rings is 1. The van der Waals surface area contributed by atoms with E-state index in [9.17, 15) is 9.59 Å². The van der Waals surface area contributed by atoms with Crippen molar-refractivity contribution in [2.45, 2.75) is 78.4 Å². The van der Waals surface area contributed by atoms with Crippen LogP contribution in [-0.2, 0) is 4.74 Å². The third-order valence-corrected chi connectivity index (χ3v) is 5.49. The molecule has 1 aromatic carbocycles. The van der Waals surface area contributed by atoms with Gasteiger partial charge in [-0.05, 0) is 52.2 Å². The molecule has 2 amide bonds. The van der Waals surface area contributed by atoms with Crippen LogP contribution in [-0.4, -0.2) is 44.1 Å². The Morgan fingerprint density at radius 1 is 1.20 bits per heavy atom. The molecule has 1 fully saturated rings. The Bertz CT molecular complexity index is 1100. The predicted molar refractivity (Wildman–Crippen MR) is 136 cm³/mol. The van der Waals surface area contributed by atoms with E-state index in [1.807, 2.05) is 51.1 Å². The summed E-state index contributed by atoms with van der Waals surface area (Å²) in [6, 6.07) is 9.78. The molecule has 0 bridgehead atoms. The Morgan fingerprint density at radius 3 is 2.60 bits per heavy atom. The number of amides is 2. The fourth-order valence-electron chi connectivity index (χ4n) is 3.83. The maximum absolute atomic E-state index is 12.6. The van der Waals surface area contributed by atoms with Gasteiger partial charge < -0.3 is 15.4 Å². The zero-order valence-electron chi connectivity index (χ0n) is 21.2. The van der Waals surface area contributed by atoms with Gasteiger partial charge in [-0.15, -0.1) is 0 Å². The Morgan fingerprint density at radius 2 is 1.91 bits per heavy atom. The number of ether oxygens (including phenoxy) is 1. The second-order valence-corrected chi connectivity index (χ2v) is 9.22. The molecule has 4 rings (SSSR count). The van der Waals surface area contributed by atoms with Crippen molar-refractivity contribution in [2.75, 3.05) is 5.32 Å². The maximum atomic E-state index is 12.6. The Kier molecular flexibility index (Phi) is 9.05. The van der Waals surface area contributed by atoms with Crippen LogP contribution in [0.25, 0.3) is 5.69 Å². The number of anilines is 1. The van der Waals surface area contributed by atoms with Crippen molar-refractivity contribution in [1.82, 2.24) is 25.3 Å². The van der Waals surface area contributed by atoms with Crippen LogP contribution in [0.5, 0.6) is 0 Å². The predicted octanol–water partition coefficient (Wildman–Crippen LogP) is 5.34. The highest BCUT2D eigenvalue weighted by Crippen LogP contribution is 2.35. The average molecular weight is 481 g/mol. The monoisotopic (exact) mass is 480 g/mol. The molecule has 188 valence electrons. The summed E-state index contributed by atoms with van der Waals surface area (Å²) in [7, 11) is 0. The van der Waals surface area contributed by atoms with Crippen LogP contribution in [0, 0.1) is 6.92 Å². The number of aromatic nitrogens is 4. The summed E-state index contributed by atoms with van der Waals surface area (Å²) < 4.78 is 7.15. The summed E-state index contributed by atoms with van der Waals surface area (Å²) in [6.45, 7) is 10.1. The van der Waals surface area contributed by atoms with Crippen LogP contribution in [0.15, 0.2) is 42.7 Å². The van der Waals surface area contributed by atoms with Gasteiger partial charge in [-0.3, -0.25) is 9.89 Å². The van der Waals surface area contributed by atoms with E-state index in [2.05, 4.69) is 39.8 Å². The van der Waals surface area contributed by atoms with E-state index in [4.69, 9.17) is 4.74 Å². The number of aryl methyl sites for hydroxylation is 1. The van der Waals surface area contributed by atoms with Crippen LogP contribution < -0.4 is 10.6 Å². The van der Waals surface area contributed by atoms with Crippen molar-refractivity contribution in [3.8, 4) is 5.69 Å². The molecule has 0 aliphatic heterocycles. The number of hydrogen-bond acceptors (Lipinski definition) is 5. The first-order valence-corrected chi connectivity index (χ1v) is 12.2. The molecule has 3 aromatic rings. The molecule has 0 saturated heterocycles. The first kappa shape index (κ1) is 26.0. The molecule has 9 nitrogen and oxygen atoms in total. The molecular formula is C26H36N6O3. The fraction of sp³-hybridized carbons (Fsp3) is 0.462. The zero-order valence-corrected chi connectivity index (χ0v) is 21.2. The van der Waals surface area contributed by atoms with E-state index in [-0.39, 0.29) is 30.1 Å². The highest BCUT2D eigenvalue weighted by Gasteiger charge is 2.30. The van der Waals surface area contributed by atoms with E-state index in [0.29, 0.717) is 11.4 Å². The lowest BCUT2D eigenvalue weighted by Gasteiger charge is -2.14.